The normalized spacial score (nSPS) is 18.1. The monoisotopic (exact) mass is 404 g/mol. The molecule has 0 N–H and O–H groups in total. The van der Waals surface area contributed by atoms with Crippen LogP contribution in [0.15, 0.2) is 0 Å². The van der Waals surface area contributed by atoms with Crippen LogP contribution < -0.4 is 0 Å². The lowest BCUT2D eigenvalue weighted by Gasteiger charge is -2.22. The first-order chi connectivity index (χ1) is 13.8. The number of carbonyl (C=O) groups excluding carboxylic acids is 1. The highest BCUT2D eigenvalue weighted by atomic mass is 16.7. The van der Waals surface area contributed by atoms with Crippen molar-refractivity contribution < 1.29 is 33.2 Å². The summed E-state index contributed by atoms with van der Waals surface area (Å²) < 4.78 is 32.6. The average molecular weight is 405 g/mol. The first kappa shape index (κ1) is 25.3. The minimum absolute atomic E-state index is 0.0175. The average Bonchev–Trinajstić information content (AvgIpc) is 2.72. The molecule has 0 aromatic rings. The quantitative estimate of drug-likeness (QED) is 0.256. The summed E-state index contributed by atoms with van der Waals surface area (Å²) in [5, 5.41) is 0. The molecule has 1 rings (SSSR count). The van der Waals surface area contributed by atoms with Crippen LogP contribution in [-0.2, 0) is 33.2 Å². The van der Waals surface area contributed by atoms with Crippen LogP contribution in [0.1, 0.15) is 58.8 Å². The van der Waals surface area contributed by atoms with Gasteiger partial charge in [-0.3, -0.25) is 4.79 Å². The van der Waals surface area contributed by atoms with Gasteiger partial charge in [-0.25, -0.2) is 0 Å². The van der Waals surface area contributed by atoms with E-state index in [1.54, 1.807) is 0 Å². The number of hydrogen-bond acceptors (Lipinski definition) is 7. The van der Waals surface area contributed by atoms with Gasteiger partial charge in [0, 0.05) is 6.61 Å². The minimum atomic E-state index is -0.105. The van der Waals surface area contributed by atoms with Crippen LogP contribution in [-0.4, -0.2) is 71.7 Å². The lowest BCUT2D eigenvalue weighted by atomic mass is 10.00. The number of carbonyl (C=O) groups is 1. The van der Waals surface area contributed by atoms with Gasteiger partial charge in [-0.2, -0.15) is 0 Å². The van der Waals surface area contributed by atoms with Crippen molar-refractivity contribution >= 4 is 5.97 Å². The van der Waals surface area contributed by atoms with Gasteiger partial charge in [0.15, 0.2) is 6.29 Å². The van der Waals surface area contributed by atoms with Gasteiger partial charge >= 0.3 is 5.97 Å². The maximum absolute atomic E-state index is 11.9. The van der Waals surface area contributed by atoms with E-state index in [4.69, 9.17) is 28.4 Å². The topological polar surface area (TPSA) is 72.5 Å². The molecular weight excluding hydrogens is 364 g/mol. The van der Waals surface area contributed by atoms with Crippen LogP contribution >= 0.6 is 0 Å². The Morgan fingerprint density at radius 1 is 0.929 bits per heavy atom. The molecule has 0 aliphatic carbocycles. The van der Waals surface area contributed by atoms with Crippen LogP contribution in [0, 0.1) is 5.92 Å². The number of esters is 1. The molecule has 166 valence electrons. The molecule has 0 aromatic heterocycles. The van der Waals surface area contributed by atoms with Gasteiger partial charge in [-0.15, -0.1) is 0 Å². The predicted octanol–water partition coefficient (Wildman–Crippen LogP) is 3.34. The van der Waals surface area contributed by atoms with E-state index in [1.807, 2.05) is 6.92 Å². The van der Waals surface area contributed by atoms with E-state index in [-0.39, 0.29) is 18.2 Å². The van der Waals surface area contributed by atoms with Crippen LogP contribution in [0.5, 0.6) is 0 Å². The molecule has 7 heteroatoms. The Morgan fingerprint density at radius 2 is 1.57 bits per heavy atom. The van der Waals surface area contributed by atoms with E-state index in [9.17, 15) is 4.79 Å². The molecule has 1 heterocycles. The Bertz CT molecular complexity index is 359. The lowest BCUT2D eigenvalue weighted by molar-refractivity contribution is -0.169. The van der Waals surface area contributed by atoms with Crippen LogP contribution in [0.2, 0.25) is 0 Å². The highest BCUT2D eigenvalue weighted by Crippen LogP contribution is 2.14. The molecule has 2 atom stereocenters. The molecule has 1 aliphatic rings. The summed E-state index contributed by atoms with van der Waals surface area (Å²) in [6, 6.07) is 0. The second-order valence-electron chi connectivity index (χ2n) is 6.92. The number of ether oxygens (including phenoxy) is 6. The fourth-order valence-corrected chi connectivity index (χ4v) is 2.88. The van der Waals surface area contributed by atoms with Crippen molar-refractivity contribution in [3.8, 4) is 0 Å². The van der Waals surface area contributed by atoms with Gasteiger partial charge in [0.1, 0.15) is 6.61 Å². The Kier molecular flexibility index (Phi) is 16.5. The third-order valence-electron chi connectivity index (χ3n) is 4.62. The molecule has 1 aliphatic heterocycles. The molecule has 0 radical (unpaired) electrons. The highest BCUT2D eigenvalue weighted by Gasteiger charge is 2.17. The van der Waals surface area contributed by atoms with Crippen LogP contribution in [0.3, 0.4) is 0 Å². The highest BCUT2D eigenvalue weighted by molar-refractivity contribution is 5.72. The first-order valence-corrected chi connectivity index (χ1v) is 10.9. The van der Waals surface area contributed by atoms with Crippen molar-refractivity contribution in [2.24, 2.45) is 5.92 Å². The van der Waals surface area contributed by atoms with Crippen LogP contribution in [0.4, 0.5) is 0 Å². The zero-order valence-corrected chi connectivity index (χ0v) is 17.8. The van der Waals surface area contributed by atoms with Crippen molar-refractivity contribution in [1.82, 2.24) is 0 Å². The number of unbranched alkanes of at least 4 members (excludes halogenated alkanes) is 1. The molecule has 0 bridgehead atoms. The van der Waals surface area contributed by atoms with Gasteiger partial charge in [0.05, 0.1) is 52.2 Å². The Hall–Kier alpha value is -0.730. The Labute approximate surface area is 170 Å². The van der Waals surface area contributed by atoms with E-state index in [0.717, 1.165) is 45.1 Å². The second kappa shape index (κ2) is 18.3. The molecule has 1 fully saturated rings. The summed E-state index contributed by atoms with van der Waals surface area (Å²) in [6.07, 6.45) is 7.10. The summed E-state index contributed by atoms with van der Waals surface area (Å²) in [5.74, 6) is -0.0872. The zero-order valence-electron chi connectivity index (χ0n) is 17.8. The van der Waals surface area contributed by atoms with Gasteiger partial charge in [-0.1, -0.05) is 26.7 Å². The molecule has 0 aromatic carbocycles. The zero-order chi connectivity index (χ0) is 20.3. The second-order valence-corrected chi connectivity index (χ2v) is 6.92. The van der Waals surface area contributed by atoms with Crippen molar-refractivity contribution in [2.75, 3.05) is 59.5 Å². The molecule has 7 nitrogen and oxygen atoms in total. The predicted molar refractivity (Wildman–Crippen MR) is 106 cm³/mol. The summed E-state index contributed by atoms with van der Waals surface area (Å²) in [7, 11) is 0. The number of rotatable bonds is 18. The smallest absolute Gasteiger partial charge is 0.308 e. The fraction of sp³-hybridized carbons (Fsp3) is 0.952. The van der Waals surface area contributed by atoms with Crippen molar-refractivity contribution in [2.45, 2.75) is 65.1 Å². The summed E-state index contributed by atoms with van der Waals surface area (Å²) in [4.78, 5) is 11.9. The van der Waals surface area contributed by atoms with E-state index < -0.39 is 0 Å². The van der Waals surface area contributed by atoms with E-state index in [0.29, 0.717) is 52.9 Å². The first-order valence-electron chi connectivity index (χ1n) is 10.9. The summed E-state index contributed by atoms with van der Waals surface area (Å²) in [5.41, 5.74) is 0. The van der Waals surface area contributed by atoms with Crippen LogP contribution in [0.25, 0.3) is 0 Å². The summed E-state index contributed by atoms with van der Waals surface area (Å²) in [6.45, 7) is 8.76. The third kappa shape index (κ3) is 13.4. The SMILES string of the molecule is CCCCC(CC)C(=O)OCCOCCOCCOCCOC1CCCCO1. The number of hydrogen-bond donors (Lipinski definition) is 0. The van der Waals surface area contributed by atoms with Gasteiger partial charge in [0.2, 0.25) is 0 Å². The Balaban J connectivity index is 1.79. The van der Waals surface area contributed by atoms with E-state index in [1.165, 1.54) is 6.42 Å². The maximum atomic E-state index is 11.9. The standard InChI is InChI=1S/C21H40O7/c1-3-5-8-19(4-2)21(22)28-18-16-25-14-12-23-11-13-24-15-17-27-20-9-6-7-10-26-20/h19-20H,3-18H2,1-2H3. The largest absolute Gasteiger partial charge is 0.463 e. The summed E-state index contributed by atoms with van der Waals surface area (Å²) >= 11 is 0. The molecule has 0 spiro atoms. The fourth-order valence-electron chi connectivity index (χ4n) is 2.88. The van der Waals surface area contributed by atoms with Gasteiger partial charge in [-0.05, 0) is 32.1 Å². The van der Waals surface area contributed by atoms with Gasteiger partial charge in [0.25, 0.3) is 0 Å². The third-order valence-corrected chi connectivity index (χ3v) is 4.62. The van der Waals surface area contributed by atoms with Crippen molar-refractivity contribution in [3.63, 3.8) is 0 Å². The molecule has 2 unspecified atom stereocenters. The molecule has 28 heavy (non-hydrogen) atoms. The molecule has 1 saturated heterocycles. The maximum Gasteiger partial charge on any atom is 0.308 e. The molecule has 0 saturated carbocycles. The van der Waals surface area contributed by atoms with E-state index >= 15 is 0 Å². The van der Waals surface area contributed by atoms with Crippen molar-refractivity contribution in [3.05, 3.63) is 0 Å². The lowest BCUT2D eigenvalue weighted by Crippen LogP contribution is -2.24. The molecular formula is C21H40O7. The minimum Gasteiger partial charge on any atom is -0.463 e. The Morgan fingerprint density at radius 3 is 2.14 bits per heavy atom. The van der Waals surface area contributed by atoms with E-state index in [2.05, 4.69) is 6.92 Å². The molecule has 0 amide bonds. The van der Waals surface area contributed by atoms with Crippen molar-refractivity contribution in [1.29, 1.82) is 0 Å². The van der Waals surface area contributed by atoms with Gasteiger partial charge < -0.3 is 28.4 Å².